The maximum Gasteiger partial charge on any atom is 0.330 e. The van der Waals surface area contributed by atoms with Crippen LogP contribution >= 0.6 is 0 Å². The summed E-state index contributed by atoms with van der Waals surface area (Å²) in [5.41, 5.74) is -1.64. The molecule has 0 aromatic rings. The second kappa shape index (κ2) is 9.05. The number of rotatable bonds is 5. The number of methoxy groups -OCH3 is 1. The third-order valence-corrected chi connectivity index (χ3v) is 4.09. The molecule has 28 heavy (non-hydrogen) atoms. The van der Waals surface area contributed by atoms with Crippen LogP contribution in [-0.2, 0) is 38.1 Å². The molecule has 1 saturated heterocycles. The highest BCUT2D eigenvalue weighted by Gasteiger charge is 2.52. The van der Waals surface area contributed by atoms with Gasteiger partial charge in [-0.25, -0.2) is 4.79 Å². The van der Waals surface area contributed by atoms with Crippen molar-refractivity contribution in [2.75, 3.05) is 7.11 Å². The molecule has 0 saturated carbocycles. The lowest BCUT2D eigenvalue weighted by Gasteiger charge is -2.44. The minimum atomic E-state index is -1.12. The van der Waals surface area contributed by atoms with E-state index in [-0.39, 0.29) is 0 Å². The summed E-state index contributed by atoms with van der Waals surface area (Å²) < 4.78 is 27.6. The normalized spacial score (nSPS) is 28.2. The van der Waals surface area contributed by atoms with Crippen LogP contribution in [0.25, 0.3) is 0 Å². The van der Waals surface area contributed by atoms with Gasteiger partial charge in [-0.1, -0.05) is 6.58 Å². The first-order chi connectivity index (χ1) is 12.7. The molecule has 0 aliphatic carbocycles. The molecule has 0 amide bonds. The molecule has 0 spiro atoms. The van der Waals surface area contributed by atoms with E-state index >= 15 is 0 Å². The van der Waals surface area contributed by atoms with Crippen LogP contribution in [0.2, 0.25) is 0 Å². The van der Waals surface area contributed by atoms with Gasteiger partial charge in [-0.3, -0.25) is 9.59 Å². The molecule has 1 aliphatic heterocycles. The van der Waals surface area contributed by atoms with E-state index in [4.69, 9.17) is 23.7 Å². The standard InChI is InChI=1S/C20H32O8/c1-10-12(21)26-13-11(2)25-16(24-9)15(28-18(23)20(6,7)8)14(13)27-17(22)19(3,4)5/h10-11,13-16H,1H2,2-9H3/t11-,13-,14+,15-,16+/m1/s1. The van der Waals surface area contributed by atoms with E-state index in [0.29, 0.717) is 0 Å². The summed E-state index contributed by atoms with van der Waals surface area (Å²) in [6, 6.07) is 0. The van der Waals surface area contributed by atoms with Crippen molar-refractivity contribution < 1.29 is 38.1 Å². The van der Waals surface area contributed by atoms with Crippen LogP contribution in [0.15, 0.2) is 12.7 Å². The Hall–Kier alpha value is -1.93. The summed E-state index contributed by atoms with van der Waals surface area (Å²) in [4.78, 5) is 36.9. The summed E-state index contributed by atoms with van der Waals surface area (Å²) >= 11 is 0. The molecule has 5 atom stereocenters. The first-order valence-electron chi connectivity index (χ1n) is 9.15. The van der Waals surface area contributed by atoms with Gasteiger partial charge in [0.2, 0.25) is 0 Å². The van der Waals surface area contributed by atoms with Gasteiger partial charge in [-0.2, -0.15) is 0 Å². The van der Waals surface area contributed by atoms with Gasteiger partial charge in [0.05, 0.1) is 16.9 Å². The predicted octanol–water partition coefficient (Wildman–Crippen LogP) is 2.39. The van der Waals surface area contributed by atoms with E-state index in [1.54, 1.807) is 48.5 Å². The van der Waals surface area contributed by atoms with Crippen LogP contribution in [0.3, 0.4) is 0 Å². The number of carbonyl (C=O) groups is 3. The summed E-state index contributed by atoms with van der Waals surface area (Å²) in [6.45, 7) is 15.1. The van der Waals surface area contributed by atoms with Gasteiger partial charge < -0.3 is 23.7 Å². The van der Waals surface area contributed by atoms with E-state index < -0.39 is 59.4 Å². The molecule has 0 aromatic carbocycles. The highest BCUT2D eigenvalue weighted by atomic mass is 16.7. The first-order valence-corrected chi connectivity index (χ1v) is 9.15. The molecule has 1 fully saturated rings. The van der Waals surface area contributed by atoms with Gasteiger partial charge in [0.25, 0.3) is 0 Å². The lowest BCUT2D eigenvalue weighted by Crippen LogP contribution is -2.62. The Kier molecular flexibility index (Phi) is 7.79. The number of hydrogen-bond acceptors (Lipinski definition) is 8. The summed E-state index contributed by atoms with van der Waals surface area (Å²) in [6.07, 6.45) is -3.94. The topological polar surface area (TPSA) is 97.4 Å². The Morgan fingerprint density at radius 2 is 1.32 bits per heavy atom. The number of ether oxygens (including phenoxy) is 5. The largest absolute Gasteiger partial charge is 0.454 e. The monoisotopic (exact) mass is 400 g/mol. The fourth-order valence-corrected chi connectivity index (χ4v) is 2.37. The van der Waals surface area contributed by atoms with Gasteiger partial charge in [0, 0.05) is 13.2 Å². The zero-order valence-electron chi connectivity index (χ0n) is 17.9. The van der Waals surface area contributed by atoms with E-state index in [1.807, 2.05) is 0 Å². The third kappa shape index (κ3) is 6.04. The molecular formula is C20H32O8. The lowest BCUT2D eigenvalue weighted by atomic mass is 9.94. The third-order valence-electron chi connectivity index (χ3n) is 4.09. The predicted molar refractivity (Wildman–Crippen MR) is 100 cm³/mol. The van der Waals surface area contributed by atoms with Gasteiger partial charge in [-0.15, -0.1) is 0 Å². The Balaban J connectivity index is 3.31. The average Bonchev–Trinajstić information content (AvgIpc) is 2.57. The van der Waals surface area contributed by atoms with Gasteiger partial charge >= 0.3 is 17.9 Å². The lowest BCUT2D eigenvalue weighted by molar-refractivity contribution is -0.297. The molecule has 0 unspecified atom stereocenters. The van der Waals surface area contributed by atoms with Gasteiger partial charge in [0.15, 0.2) is 24.6 Å². The molecule has 0 radical (unpaired) electrons. The van der Waals surface area contributed by atoms with Crippen LogP contribution in [0.1, 0.15) is 48.5 Å². The fourth-order valence-electron chi connectivity index (χ4n) is 2.37. The highest BCUT2D eigenvalue weighted by Crippen LogP contribution is 2.32. The van der Waals surface area contributed by atoms with Crippen molar-refractivity contribution in [1.29, 1.82) is 0 Å². The number of carbonyl (C=O) groups excluding carboxylic acids is 3. The van der Waals surface area contributed by atoms with Gasteiger partial charge in [-0.05, 0) is 48.5 Å². The maximum atomic E-state index is 12.6. The summed E-state index contributed by atoms with van der Waals surface area (Å²) in [7, 11) is 1.38. The van der Waals surface area contributed by atoms with Crippen molar-refractivity contribution in [2.24, 2.45) is 10.8 Å². The van der Waals surface area contributed by atoms with E-state index in [1.165, 1.54) is 7.11 Å². The first kappa shape index (κ1) is 24.1. The Labute approximate surface area is 166 Å². The van der Waals surface area contributed by atoms with E-state index in [0.717, 1.165) is 6.08 Å². The fraction of sp³-hybridized carbons (Fsp3) is 0.750. The zero-order valence-corrected chi connectivity index (χ0v) is 17.9. The molecule has 8 heteroatoms. The second-order valence-electron chi connectivity index (χ2n) is 8.79. The Morgan fingerprint density at radius 3 is 1.71 bits per heavy atom. The molecule has 160 valence electrons. The van der Waals surface area contributed by atoms with Crippen LogP contribution in [0.4, 0.5) is 0 Å². The second-order valence-corrected chi connectivity index (χ2v) is 8.79. The van der Waals surface area contributed by atoms with Crippen molar-refractivity contribution in [2.45, 2.75) is 79.2 Å². The minimum Gasteiger partial charge on any atom is -0.454 e. The molecule has 8 nitrogen and oxygen atoms in total. The van der Waals surface area contributed by atoms with E-state index in [2.05, 4.69) is 6.58 Å². The molecule has 1 heterocycles. The summed E-state index contributed by atoms with van der Waals surface area (Å²) in [5.74, 6) is -1.80. The van der Waals surface area contributed by atoms with Crippen molar-refractivity contribution in [1.82, 2.24) is 0 Å². The van der Waals surface area contributed by atoms with Crippen molar-refractivity contribution >= 4 is 17.9 Å². The number of esters is 3. The SMILES string of the molecule is C=CC(=O)O[C@H]1[C@H](OC(=O)C(C)(C)C)[C@@H](OC(=O)C(C)(C)C)[C@@H](OC)O[C@@H]1C. The van der Waals surface area contributed by atoms with Crippen molar-refractivity contribution in [3.05, 3.63) is 12.7 Å². The molecule has 0 bridgehead atoms. The van der Waals surface area contributed by atoms with E-state index in [9.17, 15) is 14.4 Å². The summed E-state index contributed by atoms with van der Waals surface area (Å²) in [5, 5.41) is 0. The molecule has 0 aromatic heterocycles. The van der Waals surface area contributed by atoms with Gasteiger partial charge in [0.1, 0.15) is 0 Å². The average molecular weight is 400 g/mol. The number of hydrogen-bond donors (Lipinski definition) is 0. The molecule has 1 rings (SSSR count). The van der Waals surface area contributed by atoms with Crippen LogP contribution in [-0.4, -0.2) is 55.7 Å². The van der Waals surface area contributed by atoms with Crippen LogP contribution < -0.4 is 0 Å². The van der Waals surface area contributed by atoms with Crippen molar-refractivity contribution in [3.8, 4) is 0 Å². The minimum absolute atomic E-state index is 0.539. The Bertz CT molecular complexity index is 598. The molecule has 0 N–H and O–H groups in total. The van der Waals surface area contributed by atoms with Crippen molar-refractivity contribution in [3.63, 3.8) is 0 Å². The highest BCUT2D eigenvalue weighted by molar-refractivity contribution is 5.81. The smallest absolute Gasteiger partial charge is 0.330 e. The Morgan fingerprint density at radius 1 is 0.857 bits per heavy atom. The quantitative estimate of drug-likeness (QED) is 0.394. The van der Waals surface area contributed by atoms with Crippen LogP contribution in [0.5, 0.6) is 0 Å². The molecular weight excluding hydrogens is 368 g/mol. The zero-order chi connectivity index (χ0) is 21.9. The molecule has 1 aliphatic rings. The maximum absolute atomic E-state index is 12.6. The van der Waals surface area contributed by atoms with Crippen LogP contribution in [0, 0.1) is 10.8 Å².